The van der Waals surface area contributed by atoms with Crippen molar-refractivity contribution in [2.75, 3.05) is 6.54 Å². The molecule has 4 nitrogen and oxygen atoms in total. The van der Waals surface area contributed by atoms with Gasteiger partial charge >= 0.3 is 0 Å². The molecule has 1 aromatic heterocycles. The Bertz CT molecular complexity index is 726. The lowest BCUT2D eigenvalue weighted by molar-refractivity contribution is 0.581. The lowest BCUT2D eigenvalue weighted by Crippen LogP contribution is -2.25. The predicted molar refractivity (Wildman–Crippen MR) is 82.2 cm³/mol. The first-order valence-corrected chi connectivity index (χ1v) is 8.81. The first kappa shape index (κ1) is 16.1. The van der Waals surface area contributed by atoms with E-state index in [1.54, 1.807) is 24.4 Å². The Morgan fingerprint density at radius 2 is 2.10 bits per heavy atom. The van der Waals surface area contributed by atoms with E-state index in [-0.39, 0.29) is 17.3 Å². The van der Waals surface area contributed by atoms with Gasteiger partial charge in [-0.2, -0.15) is 0 Å². The highest BCUT2D eigenvalue weighted by molar-refractivity contribution is 7.89. The van der Waals surface area contributed by atoms with Crippen LogP contribution in [0.25, 0.3) is 0 Å². The second-order valence-corrected chi connectivity index (χ2v) is 7.43. The van der Waals surface area contributed by atoms with Gasteiger partial charge in [0.15, 0.2) is 0 Å². The molecule has 0 spiro atoms. The van der Waals surface area contributed by atoms with Crippen LogP contribution in [0.3, 0.4) is 0 Å². The highest BCUT2D eigenvalue weighted by Gasteiger charge is 2.15. The van der Waals surface area contributed by atoms with Crippen molar-refractivity contribution >= 4 is 21.4 Å². The van der Waals surface area contributed by atoms with Crippen molar-refractivity contribution in [3.63, 3.8) is 0 Å². The summed E-state index contributed by atoms with van der Waals surface area (Å²) in [7, 11) is -3.51. The molecule has 0 atom stereocenters. The minimum atomic E-state index is -3.51. The zero-order chi connectivity index (χ0) is 15.5. The highest BCUT2D eigenvalue weighted by Crippen LogP contribution is 2.18. The van der Waals surface area contributed by atoms with Gasteiger partial charge in [0.2, 0.25) is 10.0 Å². The van der Waals surface area contributed by atoms with Crippen molar-refractivity contribution in [3.8, 4) is 0 Å². The van der Waals surface area contributed by atoms with Gasteiger partial charge < -0.3 is 5.73 Å². The molecular weight excluding hydrogens is 311 g/mol. The molecular formula is C14H17FN2O2S2. The first-order chi connectivity index (χ1) is 9.92. The topological polar surface area (TPSA) is 72.2 Å². The number of benzene rings is 1. The average molecular weight is 328 g/mol. The third-order valence-corrected chi connectivity index (χ3v) is 5.68. The molecule has 2 rings (SSSR count). The van der Waals surface area contributed by atoms with Crippen molar-refractivity contribution in [2.45, 2.75) is 24.8 Å². The fourth-order valence-corrected chi connectivity index (χ4v) is 4.14. The van der Waals surface area contributed by atoms with Gasteiger partial charge in [-0.1, -0.05) is 6.07 Å². The summed E-state index contributed by atoms with van der Waals surface area (Å²) in [5, 5.41) is 1.58. The summed E-state index contributed by atoms with van der Waals surface area (Å²) in [6.07, 6.45) is 0.513. The van der Waals surface area contributed by atoms with Gasteiger partial charge in [0.1, 0.15) is 5.82 Å². The van der Waals surface area contributed by atoms with E-state index in [1.807, 2.05) is 0 Å². The maximum atomic E-state index is 13.0. The molecule has 114 valence electrons. The minimum Gasteiger partial charge on any atom is -0.326 e. The molecule has 1 heterocycles. The van der Waals surface area contributed by atoms with Crippen molar-refractivity contribution < 1.29 is 12.8 Å². The number of halogens is 1. The Labute approximate surface area is 127 Å². The van der Waals surface area contributed by atoms with Gasteiger partial charge in [-0.25, -0.2) is 17.5 Å². The molecule has 0 aliphatic rings. The number of hydrogen-bond acceptors (Lipinski definition) is 4. The summed E-state index contributed by atoms with van der Waals surface area (Å²) in [4.78, 5) is 1.06. The van der Waals surface area contributed by atoms with Gasteiger partial charge in [-0.3, -0.25) is 0 Å². The second kappa shape index (κ2) is 6.65. The molecule has 0 radical (unpaired) electrons. The van der Waals surface area contributed by atoms with E-state index in [0.717, 1.165) is 16.0 Å². The second-order valence-electron chi connectivity index (χ2n) is 4.67. The number of hydrogen-bond donors (Lipinski definition) is 2. The molecule has 0 bridgehead atoms. The standard InChI is InChI=1S/C14H17FN2O2S2/c1-10-6-12(15)3-2-11(10)4-5-17-21(18,19)14-7-13(8-16)20-9-14/h2-3,6-7,9,17H,4-5,8,16H2,1H3. The summed E-state index contributed by atoms with van der Waals surface area (Å²) in [6.45, 7) is 2.40. The van der Waals surface area contributed by atoms with Gasteiger partial charge in [0, 0.05) is 23.3 Å². The summed E-state index contributed by atoms with van der Waals surface area (Å²) < 4.78 is 39.7. The minimum absolute atomic E-state index is 0.240. The lowest BCUT2D eigenvalue weighted by atomic mass is 10.1. The van der Waals surface area contributed by atoms with Crippen molar-refractivity contribution in [1.82, 2.24) is 4.72 Å². The Balaban J connectivity index is 1.99. The van der Waals surface area contributed by atoms with Crippen LogP contribution in [-0.2, 0) is 23.0 Å². The molecule has 0 saturated heterocycles. The van der Waals surface area contributed by atoms with Crippen LogP contribution in [-0.4, -0.2) is 15.0 Å². The summed E-state index contributed by atoms with van der Waals surface area (Å²) in [5.41, 5.74) is 7.21. The number of rotatable bonds is 6. The SMILES string of the molecule is Cc1cc(F)ccc1CCNS(=O)(=O)c1csc(CN)c1. The third-order valence-electron chi connectivity index (χ3n) is 3.13. The largest absolute Gasteiger partial charge is 0.326 e. The van der Waals surface area contributed by atoms with Crippen LogP contribution in [0.4, 0.5) is 4.39 Å². The number of aryl methyl sites for hydroxylation is 1. The smallest absolute Gasteiger partial charge is 0.241 e. The summed E-state index contributed by atoms with van der Waals surface area (Å²) >= 11 is 1.32. The Morgan fingerprint density at radius 1 is 1.33 bits per heavy atom. The molecule has 21 heavy (non-hydrogen) atoms. The van der Waals surface area contributed by atoms with Crippen molar-refractivity contribution in [1.29, 1.82) is 0 Å². The van der Waals surface area contributed by atoms with Gasteiger partial charge in [0.25, 0.3) is 0 Å². The van der Waals surface area contributed by atoms with E-state index < -0.39 is 10.0 Å². The Morgan fingerprint density at radius 3 is 2.71 bits per heavy atom. The maximum absolute atomic E-state index is 13.0. The van der Waals surface area contributed by atoms with E-state index in [4.69, 9.17) is 5.73 Å². The molecule has 0 fully saturated rings. The van der Waals surface area contributed by atoms with Gasteiger partial charge in [-0.05, 0) is 42.7 Å². The van der Waals surface area contributed by atoms with Crippen molar-refractivity contribution in [2.24, 2.45) is 5.73 Å². The predicted octanol–water partition coefficient (Wildman–Crippen LogP) is 2.18. The van der Waals surface area contributed by atoms with E-state index >= 15 is 0 Å². The van der Waals surface area contributed by atoms with Crippen LogP contribution >= 0.6 is 11.3 Å². The Kier molecular flexibility index (Phi) is 5.10. The third kappa shape index (κ3) is 4.10. The molecule has 0 saturated carbocycles. The zero-order valence-corrected chi connectivity index (χ0v) is 13.2. The zero-order valence-electron chi connectivity index (χ0n) is 11.6. The first-order valence-electron chi connectivity index (χ1n) is 6.44. The van der Waals surface area contributed by atoms with E-state index in [0.29, 0.717) is 13.0 Å². The van der Waals surface area contributed by atoms with Crippen LogP contribution in [0.1, 0.15) is 16.0 Å². The van der Waals surface area contributed by atoms with Gasteiger partial charge in [0.05, 0.1) is 4.90 Å². The molecule has 0 amide bonds. The van der Waals surface area contributed by atoms with Crippen LogP contribution in [0.2, 0.25) is 0 Å². The number of sulfonamides is 1. The van der Waals surface area contributed by atoms with Gasteiger partial charge in [-0.15, -0.1) is 11.3 Å². The van der Waals surface area contributed by atoms with E-state index in [2.05, 4.69) is 4.72 Å². The molecule has 0 aliphatic carbocycles. The van der Waals surface area contributed by atoms with Crippen LogP contribution in [0.15, 0.2) is 34.5 Å². The molecule has 1 aromatic carbocycles. The number of thiophene rings is 1. The molecule has 0 aliphatic heterocycles. The molecule has 7 heteroatoms. The lowest BCUT2D eigenvalue weighted by Gasteiger charge is -2.07. The quantitative estimate of drug-likeness (QED) is 0.854. The van der Waals surface area contributed by atoms with E-state index in [9.17, 15) is 12.8 Å². The fraction of sp³-hybridized carbons (Fsp3) is 0.286. The average Bonchev–Trinajstić information content (AvgIpc) is 2.91. The molecule has 0 unspecified atom stereocenters. The van der Waals surface area contributed by atoms with Crippen LogP contribution in [0, 0.1) is 12.7 Å². The van der Waals surface area contributed by atoms with Crippen molar-refractivity contribution in [3.05, 3.63) is 51.5 Å². The number of nitrogens with one attached hydrogen (secondary N) is 1. The Hall–Kier alpha value is -1.28. The van der Waals surface area contributed by atoms with E-state index in [1.165, 1.54) is 23.5 Å². The molecule has 3 N–H and O–H groups in total. The molecule has 2 aromatic rings. The monoisotopic (exact) mass is 328 g/mol. The van der Waals surface area contributed by atoms with Crippen LogP contribution < -0.4 is 10.5 Å². The maximum Gasteiger partial charge on any atom is 0.241 e. The highest BCUT2D eigenvalue weighted by atomic mass is 32.2. The summed E-state index contributed by atoms with van der Waals surface area (Å²) in [6, 6.07) is 6.08. The normalized spacial score (nSPS) is 11.8. The fourth-order valence-electron chi connectivity index (χ4n) is 1.95. The summed E-state index contributed by atoms with van der Waals surface area (Å²) in [5.74, 6) is -0.288. The number of nitrogens with two attached hydrogens (primary N) is 1. The van der Waals surface area contributed by atoms with Crippen LogP contribution in [0.5, 0.6) is 0 Å².